The van der Waals surface area contributed by atoms with Crippen molar-refractivity contribution in [1.29, 1.82) is 0 Å². The summed E-state index contributed by atoms with van der Waals surface area (Å²) in [7, 11) is 0. The highest BCUT2D eigenvalue weighted by Crippen LogP contribution is 2.22. The van der Waals surface area contributed by atoms with Crippen LogP contribution in [0.2, 0.25) is 5.02 Å². The predicted molar refractivity (Wildman–Crippen MR) is 72.2 cm³/mol. The fourth-order valence-corrected chi connectivity index (χ4v) is 1.74. The quantitative estimate of drug-likeness (QED) is 0.913. The Hall–Kier alpha value is -0.930. The Kier molecular flexibility index (Phi) is 4.88. The van der Waals surface area contributed by atoms with Gasteiger partial charge in [-0.25, -0.2) is 4.39 Å². The number of halogens is 2. The molecular formula is C14H19ClFNO. The smallest absolute Gasteiger partial charge is 0.138 e. The molecule has 2 N–H and O–H groups in total. The maximum absolute atomic E-state index is 12.9. The third kappa shape index (κ3) is 4.39. The van der Waals surface area contributed by atoms with Crippen LogP contribution in [0.4, 0.5) is 4.39 Å². The fraction of sp³-hybridized carbons (Fsp3) is 0.500. The van der Waals surface area contributed by atoms with Crippen LogP contribution in [0, 0.1) is 11.2 Å². The summed E-state index contributed by atoms with van der Waals surface area (Å²) in [5.74, 6) is -0.381. The maximum atomic E-state index is 12.9. The van der Waals surface area contributed by atoms with E-state index in [2.05, 4.69) is 0 Å². The van der Waals surface area contributed by atoms with E-state index in [0.29, 0.717) is 12.0 Å². The topological polar surface area (TPSA) is 43.1 Å². The monoisotopic (exact) mass is 271 g/mol. The molecule has 0 aliphatic carbocycles. The van der Waals surface area contributed by atoms with Crippen LogP contribution in [0.1, 0.15) is 32.8 Å². The molecule has 1 unspecified atom stereocenters. The van der Waals surface area contributed by atoms with Gasteiger partial charge < -0.3 is 5.73 Å². The average molecular weight is 272 g/mol. The molecule has 1 aromatic carbocycles. The summed E-state index contributed by atoms with van der Waals surface area (Å²) in [6.07, 6.45) is 0.500. The molecule has 0 fully saturated rings. The van der Waals surface area contributed by atoms with Crippen molar-refractivity contribution < 1.29 is 9.18 Å². The van der Waals surface area contributed by atoms with Crippen LogP contribution >= 0.6 is 11.6 Å². The summed E-state index contributed by atoms with van der Waals surface area (Å²) in [5.41, 5.74) is 6.49. The molecule has 0 heterocycles. The number of nitrogens with two attached hydrogens (primary N) is 1. The second-order valence-electron chi connectivity index (χ2n) is 5.63. The van der Waals surface area contributed by atoms with Crippen LogP contribution in [0.15, 0.2) is 18.2 Å². The first kappa shape index (κ1) is 15.1. The first-order valence-corrected chi connectivity index (χ1v) is 6.29. The number of benzene rings is 1. The zero-order valence-corrected chi connectivity index (χ0v) is 11.7. The molecule has 0 radical (unpaired) electrons. The molecule has 0 aromatic heterocycles. The Morgan fingerprint density at radius 3 is 2.56 bits per heavy atom. The molecule has 0 saturated carbocycles. The molecule has 0 bridgehead atoms. The summed E-state index contributed by atoms with van der Waals surface area (Å²) in [6, 6.07) is 3.87. The molecule has 1 rings (SSSR count). The summed E-state index contributed by atoms with van der Waals surface area (Å²) < 4.78 is 12.9. The zero-order valence-electron chi connectivity index (χ0n) is 11.0. The Morgan fingerprint density at radius 2 is 2.06 bits per heavy atom. The normalized spacial score (nSPS) is 13.4. The Balaban J connectivity index is 2.65. The van der Waals surface area contributed by atoms with Gasteiger partial charge in [-0.15, -0.1) is 0 Å². The van der Waals surface area contributed by atoms with E-state index < -0.39 is 5.82 Å². The van der Waals surface area contributed by atoms with Gasteiger partial charge in [0.15, 0.2) is 0 Å². The lowest BCUT2D eigenvalue weighted by atomic mass is 9.84. The molecule has 0 spiro atoms. The van der Waals surface area contributed by atoms with Crippen LogP contribution in [-0.2, 0) is 11.2 Å². The van der Waals surface area contributed by atoms with Crippen molar-refractivity contribution in [3.63, 3.8) is 0 Å². The molecule has 2 nitrogen and oxygen atoms in total. The summed E-state index contributed by atoms with van der Waals surface area (Å²) in [5, 5.41) is 0.285. The van der Waals surface area contributed by atoms with Gasteiger partial charge in [0.1, 0.15) is 11.6 Å². The van der Waals surface area contributed by atoms with Crippen LogP contribution in [0.3, 0.4) is 0 Å². The van der Waals surface area contributed by atoms with Crippen molar-refractivity contribution in [2.45, 2.75) is 39.7 Å². The highest BCUT2D eigenvalue weighted by atomic mass is 35.5. The van der Waals surface area contributed by atoms with Gasteiger partial charge >= 0.3 is 0 Å². The molecular weight excluding hydrogens is 253 g/mol. The number of Topliss-reactive ketones (excluding diaryl/α,β-unsaturated/α-hetero) is 1. The summed E-state index contributed by atoms with van der Waals surface area (Å²) >= 11 is 5.88. The van der Waals surface area contributed by atoms with Crippen molar-refractivity contribution >= 4 is 17.4 Å². The number of ketones is 1. The van der Waals surface area contributed by atoms with E-state index in [1.807, 2.05) is 20.8 Å². The summed E-state index contributed by atoms with van der Waals surface area (Å²) in [6.45, 7) is 5.99. The van der Waals surface area contributed by atoms with Crippen LogP contribution in [0.25, 0.3) is 0 Å². The lowest BCUT2D eigenvalue weighted by molar-refractivity contribution is -0.119. The first-order chi connectivity index (χ1) is 8.20. The number of carbonyl (C=O) groups excluding carboxylic acids is 1. The van der Waals surface area contributed by atoms with Gasteiger partial charge in [0.2, 0.25) is 0 Å². The third-order valence-corrected chi connectivity index (χ3v) is 3.31. The molecule has 1 aromatic rings. The fourth-order valence-electron chi connectivity index (χ4n) is 1.50. The van der Waals surface area contributed by atoms with E-state index in [-0.39, 0.29) is 28.7 Å². The second-order valence-corrected chi connectivity index (χ2v) is 6.04. The molecule has 4 heteroatoms. The molecule has 0 aliphatic heterocycles. The first-order valence-electron chi connectivity index (χ1n) is 5.91. The second kappa shape index (κ2) is 5.81. The van der Waals surface area contributed by atoms with E-state index in [1.165, 1.54) is 18.2 Å². The Bertz CT molecular complexity index is 440. The largest absolute Gasteiger partial charge is 0.327 e. The van der Waals surface area contributed by atoms with E-state index >= 15 is 0 Å². The minimum atomic E-state index is -0.400. The maximum Gasteiger partial charge on any atom is 0.138 e. The average Bonchev–Trinajstić information content (AvgIpc) is 2.20. The molecule has 1 atom stereocenters. The Morgan fingerprint density at radius 1 is 1.44 bits per heavy atom. The van der Waals surface area contributed by atoms with Crippen molar-refractivity contribution in [2.75, 3.05) is 0 Å². The number of carbonyl (C=O) groups is 1. The number of hydrogen-bond acceptors (Lipinski definition) is 2. The molecule has 0 saturated heterocycles. The minimum Gasteiger partial charge on any atom is -0.327 e. The van der Waals surface area contributed by atoms with Crippen molar-refractivity contribution in [2.24, 2.45) is 11.1 Å². The Labute approximate surface area is 112 Å². The van der Waals surface area contributed by atoms with Gasteiger partial charge in [-0.2, -0.15) is 0 Å². The number of rotatable bonds is 4. The molecule has 0 aliphatic rings. The van der Waals surface area contributed by atoms with Crippen molar-refractivity contribution in [3.05, 3.63) is 34.6 Å². The van der Waals surface area contributed by atoms with Gasteiger partial charge in [0.05, 0.1) is 0 Å². The molecule has 100 valence electrons. The highest BCUT2D eigenvalue weighted by molar-refractivity contribution is 6.31. The third-order valence-electron chi connectivity index (χ3n) is 2.96. The summed E-state index contributed by atoms with van der Waals surface area (Å²) in [4.78, 5) is 11.9. The van der Waals surface area contributed by atoms with Gasteiger partial charge in [-0.3, -0.25) is 4.79 Å². The van der Waals surface area contributed by atoms with E-state index in [4.69, 9.17) is 17.3 Å². The minimum absolute atomic E-state index is 0.0194. The highest BCUT2D eigenvalue weighted by Gasteiger charge is 2.23. The SMILES string of the molecule is CC(C)(C)C(N)CC(=O)Cc1ccc(F)cc1Cl. The van der Waals surface area contributed by atoms with E-state index in [0.717, 1.165) is 0 Å². The van der Waals surface area contributed by atoms with Crippen molar-refractivity contribution in [1.82, 2.24) is 0 Å². The van der Waals surface area contributed by atoms with Crippen LogP contribution < -0.4 is 5.73 Å². The van der Waals surface area contributed by atoms with Gasteiger partial charge in [0.25, 0.3) is 0 Å². The van der Waals surface area contributed by atoms with Crippen LogP contribution in [-0.4, -0.2) is 11.8 Å². The van der Waals surface area contributed by atoms with E-state index in [1.54, 1.807) is 0 Å². The van der Waals surface area contributed by atoms with Gasteiger partial charge in [-0.1, -0.05) is 38.4 Å². The molecule has 18 heavy (non-hydrogen) atoms. The van der Waals surface area contributed by atoms with Crippen LogP contribution in [0.5, 0.6) is 0 Å². The van der Waals surface area contributed by atoms with Gasteiger partial charge in [-0.05, 0) is 23.1 Å². The number of hydrogen-bond donors (Lipinski definition) is 1. The molecule has 0 amide bonds. The van der Waals surface area contributed by atoms with Gasteiger partial charge in [0, 0.05) is 23.9 Å². The standard InChI is InChI=1S/C14H19ClFNO/c1-14(2,3)13(17)8-11(18)6-9-4-5-10(16)7-12(9)15/h4-5,7,13H,6,8,17H2,1-3H3. The zero-order chi connectivity index (χ0) is 13.9. The predicted octanol–water partition coefficient (Wildman–Crippen LogP) is 3.35. The van der Waals surface area contributed by atoms with Crippen molar-refractivity contribution in [3.8, 4) is 0 Å². The lowest BCUT2D eigenvalue weighted by Gasteiger charge is -2.26. The lowest BCUT2D eigenvalue weighted by Crippen LogP contribution is -2.37. The van der Waals surface area contributed by atoms with E-state index in [9.17, 15) is 9.18 Å².